The molecule has 0 saturated carbocycles. The molecule has 2 heterocycles. The van der Waals surface area contributed by atoms with Crippen LogP contribution >= 0.6 is 22.7 Å². The minimum Gasteiger partial charge on any atom is -0.319 e. The highest BCUT2D eigenvalue weighted by atomic mass is 32.1. The molecule has 0 atom stereocenters. The lowest BCUT2D eigenvalue weighted by atomic mass is 10.2. The molecule has 1 amide bonds. The number of rotatable bonds is 3. The second-order valence-electron chi connectivity index (χ2n) is 4.86. The highest BCUT2D eigenvalue weighted by molar-refractivity contribution is 7.16. The molecule has 0 unspecified atom stereocenters. The summed E-state index contributed by atoms with van der Waals surface area (Å²) >= 11 is 3.16. The van der Waals surface area contributed by atoms with Crippen LogP contribution < -0.4 is 4.80 Å². The largest absolute Gasteiger partial charge is 0.319 e. The fourth-order valence-corrected chi connectivity index (χ4v) is 4.01. The Bertz CT molecular complexity index is 841. The van der Waals surface area contributed by atoms with E-state index in [1.54, 1.807) is 22.7 Å². The van der Waals surface area contributed by atoms with Crippen LogP contribution in [0.4, 0.5) is 0 Å². The van der Waals surface area contributed by atoms with Gasteiger partial charge in [-0.25, -0.2) is 0 Å². The third-order valence-corrected chi connectivity index (χ3v) is 5.38. The lowest BCUT2D eigenvalue weighted by Crippen LogP contribution is -2.13. The summed E-state index contributed by atoms with van der Waals surface area (Å²) in [6.07, 6.45) is 1.40. The van der Waals surface area contributed by atoms with Crippen molar-refractivity contribution in [2.24, 2.45) is 12.0 Å². The molecule has 0 radical (unpaired) electrons. The maximum Gasteiger partial charge on any atom is 0.253 e. The minimum atomic E-state index is -0.0877. The zero-order chi connectivity index (χ0) is 14.8. The molecular weight excluding hydrogens is 300 g/mol. The smallest absolute Gasteiger partial charge is 0.253 e. The molecule has 21 heavy (non-hydrogen) atoms. The quantitative estimate of drug-likeness (QED) is 0.728. The van der Waals surface area contributed by atoms with Crippen LogP contribution in [0.1, 0.15) is 17.4 Å². The van der Waals surface area contributed by atoms with Gasteiger partial charge in [0.1, 0.15) is 0 Å². The summed E-state index contributed by atoms with van der Waals surface area (Å²) in [5, 5.41) is 1.98. The molecule has 108 valence electrons. The number of thiazole rings is 1. The lowest BCUT2D eigenvalue weighted by Gasteiger charge is -1.97. The maximum absolute atomic E-state index is 12.1. The number of nitrogens with zero attached hydrogens (tertiary/aromatic N) is 2. The van der Waals surface area contributed by atoms with E-state index >= 15 is 0 Å². The van der Waals surface area contributed by atoms with Gasteiger partial charge in [0, 0.05) is 11.9 Å². The highest BCUT2D eigenvalue weighted by Crippen LogP contribution is 2.18. The van der Waals surface area contributed by atoms with Gasteiger partial charge in [-0.15, -0.1) is 11.3 Å². The van der Waals surface area contributed by atoms with Gasteiger partial charge in [0.15, 0.2) is 4.80 Å². The van der Waals surface area contributed by atoms with E-state index in [2.05, 4.69) is 30.1 Å². The van der Waals surface area contributed by atoms with Crippen LogP contribution in [0.5, 0.6) is 0 Å². The SMILES string of the molecule is CCc1ccc2c(c1)sc(=NC(=O)Cc1cccs1)n2C. The number of fused-ring (bicyclic) bond motifs is 1. The fourth-order valence-electron chi connectivity index (χ4n) is 2.21. The summed E-state index contributed by atoms with van der Waals surface area (Å²) in [6.45, 7) is 2.14. The van der Waals surface area contributed by atoms with Crippen molar-refractivity contribution < 1.29 is 4.79 Å². The first-order valence-corrected chi connectivity index (χ1v) is 8.55. The van der Waals surface area contributed by atoms with E-state index in [9.17, 15) is 4.79 Å². The standard InChI is InChI=1S/C16H16N2OS2/c1-3-11-6-7-13-14(9-11)21-16(18(13)2)17-15(19)10-12-5-4-8-20-12/h4-9H,3,10H2,1-2H3. The molecular formula is C16H16N2OS2. The second-order valence-corrected chi connectivity index (χ2v) is 6.90. The van der Waals surface area contributed by atoms with E-state index < -0.39 is 0 Å². The van der Waals surface area contributed by atoms with Gasteiger partial charge < -0.3 is 4.57 Å². The molecule has 0 saturated heterocycles. The lowest BCUT2D eigenvalue weighted by molar-refractivity contribution is -0.117. The van der Waals surface area contributed by atoms with Crippen molar-refractivity contribution in [1.29, 1.82) is 0 Å². The zero-order valence-electron chi connectivity index (χ0n) is 12.0. The molecule has 0 spiro atoms. The number of amides is 1. The number of hydrogen-bond donors (Lipinski definition) is 0. The van der Waals surface area contributed by atoms with Crippen molar-refractivity contribution in [2.45, 2.75) is 19.8 Å². The third kappa shape index (κ3) is 2.99. The molecule has 0 N–H and O–H groups in total. The number of thiophene rings is 1. The Kier molecular flexibility index (Phi) is 4.03. The van der Waals surface area contributed by atoms with Gasteiger partial charge in [0.25, 0.3) is 5.91 Å². The van der Waals surface area contributed by atoms with E-state index in [4.69, 9.17) is 0 Å². The molecule has 3 rings (SSSR count). The van der Waals surface area contributed by atoms with Crippen LogP contribution in [0.25, 0.3) is 10.2 Å². The molecule has 3 aromatic rings. The van der Waals surface area contributed by atoms with E-state index in [0.29, 0.717) is 6.42 Å². The first kappa shape index (κ1) is 14.2. The van der Waals surface area contributed by atoms with E-state index in [1.807, 2.05) is 29.1 Å². The third-order valence-electron chi connectivity index (χ3n) is 3.41. The average molecular weight is 316 g/mol. The molecule has 0 aliphatic carbocycles. The van der Waals surface area contributed by atoms with Crippen LogP contribution in [0.15, 0.2) is 40.7 Å². The molecule has 0 aliphatic heterocycles. The van der Waals surface area contributed by atoms with Gasteiger partial charge in [-0.05, 0) is 35.6 Å². The average Bonchev–Trinajstić information content (AvgIpc) is 3.08. The molecule has 3 nitrogen and oxygen atoms in total. The van der Waals surface area contributed by atoms with Crippen LogP contribution in [-0.2, 0) is 24.7 Å². The van der Waals surface area contributed by atoms with Gasteiger partial charge in [0.2, 0.25) is 0 Å². The van der Waals surface area contributed by atoms with Crippen molar-refractivity contribution in [1.82, 2.24) is 4.57 Å². The summed E-state index contributed by atoms with van der Waals surface area (Å²) < 4.78 is 3.17. The summed E-state index contributed by atoms with van der Waals surface area (Å²) in [6, 6.07) is 10.3. The molecule has 0 fully saturated rings. The summed E-state index contributed by atoms with van der Waals surface area (Å²) in [5.41, 5.74) is 2.43. The molecule has 0 bridgehead atoms. The monoisotopic (exact) mass is 316 g/mol. The van der Waals surface area contributed by atoms with E-state index in [1.165, 1.54) is 10.3 Å². The predicted molar refractivity (Wildman–Crippen MR) is 88.8 cm³/mol. The molecule has 5 heteroatoms. The molecule has 2 aromatic heterocycles. The van der Waals surface area contributed by atoms with Gasteiger partial charge in [0.05, 0.1) is 16.6 Å². The van der Waals surface area contributed by atoms with Gasteiger partial charge >= 0.3 is 0 Å². The second kappa shape index (κ2) is 5.95. The van der Waals surface area contributed by atoms with Crippen molar-refractivity contribution in [3.05, 3.63) is 51.0 Å². The summed E-state index contributed by atoms with van der Waals surface area (Å²) in [5.74, 6) is -0.0877. The Hall–Kier alpha value is -1.72. The van der Waals surface area contributed by atoms with Gasteiger partial charge in [-0.3, -0.25) is 4.79 Å². The number of carbonyl (C=O) groups is 1. The Balaban J connectivity index is 1.97. The Morgan fingerprint density at radius 2 is 2.19 bits per heavy atom. The van der Waals surface area contributed by atoms with Gasteiger partial charge in [-0.1, -0.05) is 30.4 Å². The van der Waals surface area contributed by atoms with Crippen LogP contribution in [0.2, 0.25) is 0 Å². The maximum atomic E-state index is 12.1. The first-order chi connectivity index (χ1) is 10.2. The van der Waals surface area contributed by atoms with Gasteiger partial charge in [-0.2, -0.15) is 4.99 Å². The van der Waals surface area contributed by atoms with E-state index in [-0.39, 0.29) is 5.91 Å². The number of aromatic nitrogens is 1. The Morgan fingerprint density at radius 1 is 1.33 bits per heavy atom. The summed E-state index contributed by atoms with van der Waals surface area (Å²) in [4.78, 5) is 18.2. The van der Waals surface area contributed by atoms with E-state index in [0.717, 1.165) is 21.6 Å². The van der Waals surface area contributed by atoms with Crippen LogP contribution in [0.3, 0.4) is 0 Å². The number of carbonyl (C=O) groups excluding carboxylic acids is 1. The molecule has 1 aromatic carbocycles. The van der Waals surface area contributed by atoms with Crippen molar-refractivity contribution >= 4 is 38.8 Å². The Morgan fingerprint density at radius 3 is 2.90 bits per heavy atom. The fraction of sp³-hybridized carbons (Fsp3) is 0.250. The number of hydrogen-bond acceptors (Lipinski definition) is 3. The molecule has 0 aliphatic rings. The van der Waals surface area contributed by atoms with Crippen LogP contribution in [0, 0.1) is 0 Å². The van der Waals surface area contributed by atoms with Crippen LogP contribution in [-0.4, -0.2) is 10.5 Å². The Labute approximate surface area is 131 Å². The normalized spacial score (nSPS) is 12.2. The number of benzene rings is 1. The van der Waals surface area contributed by atoms with Crippen molar-refractivity contribution in [3.63, 3.8) is 0 Å². The van der Waals surface area contributed by atoms with Crippen molar-refractivity contribution in [2.75, 3.05) is 0 Å². The minimum absolute atomic E-state index is 0.0877. The topological polar surface area (TPSA) is 34.4 Å². The number of aryl methyl sites for hydroxylation is 2. The zero-order valence-corrected chi connectivity index (χ0v) is 13.6. The highest BCUT2D eigenvalue weighted by Gasteiger charge is 2.07. The van der Waals surface area contributed by atoms with Crippen molar-refractivity contribution in [3.8, 4) is 0 Å². The first-order valence-electron chi connectivity index (χ1n) is 6.85. The summed E-state index contributed by atoms with van der Waals surface area (Å²) in [7, 11) is 1.96. The predicted octanol–water partition coefficient (Wildman–Crippen LogP) is 3.53.